The van der Waals surface area contributed by atoms with Crippen molar-refractivity contribution in [3.63, 3.8) is 0 Å². The number of carbonyl (C=O) groups is 2. The third kappa shape index (κ3) is 5.09. The van der Waals surface area contributed by atoms with E-state index in [4.69, 9.17) is 0 Å². The first-order chi connectivity index (χ1) is 9.60. The fourth-order valence-electron chi connectivity index (χ4n) is 1.58. The molecule has 0 aliphatic carbocycles. The lowest BCUT2D eigenvalue weighted by Gasteiger charge is -2.20. The molecule has 1 aromatic carbocycles. The predicted octanol–water partition coefficient (Wildman–Crippen LogP) is 0.945. The van der Waals surface area contributed by atoms with E-state index >= 15 is 0 Å². The zero-order valence-corrected chi connectivity index (χ0v) is 12.0. The molecule has 0 bridgehead atoms. The zero-order valence-electron chi connectivity index (χ0n) is 12.0. The number of amides is 2. The molecule has 0 saturated heterocycles. The molecule has 0 radical (unpaired) electrons. The van der Waals surface area contributed by atoms with Gasteiger partial charge < -0.3 is 15.7 Å². The van der Waals surface area contributed by atoms with E-state index in [2.05, 4.69) is 10.6 Å². The number of rotatable bonds is 4. The molecule has 21 heavy (non-hydrogen) atoms. The van der Waals surface area contributed by atoms with Crippen LogP contribution in [-0.4, -0.2) is 33.9 Å². The van der Waals surface area contributed by atoms with Gasteiger partial charge in [-0.15, -0.1) is 0 Å². The molecule has 8 nitrogen and oxygen atoms in total. The minimum atomic E-state index is -0.804. The van der Waals surface area contributed by atoms with Crippen molar-refractivity contribution in [3.05, 3.63) is 33.9 Å². The van der Waals surface area contributed by atoms with E-state index in [1.165, 1.54) is 0 Å². The highest BCUT2D eigenvalue weighted by Gasteiger charge is 2.21. The van der Waals surface area contributed by atoms with E-state index in [0.717, 1.165) is 18.2 Å². The van der Waals surface area contributed by atoms with Gasteiger partial charge in [0, 0.05) is 11.6 Å². The Morgan fingerprint density at radius 2 is 1.95 bits per heavy atom. The average molecular weight is 295 g/mol. The fourth-order valence-corrected chi connectivity index (χ4v) is 1.58. The van der Waals surface area contributed by atoms with Crippen LogP contribution in [-0.2, 0) is 4.79 Å². The number of nitrogens with one attached hydrogen (secondary N) is 2. The van der Waals surface area contributed by atoms with Crippen molar-refractivity contribution in [1.82, 2.24) is 10.6 Å². The second kappa shape index (κ2) is 6.21. The van der Waals surface area contributed by atoms with Crippen LogP contribution in [0.4, 0.5) is 5.69 Å². The van der Waals surface area contributed by atoms with Gasteiger partial charge in [0.25, 0.3) is 11.6 Å². The van der Waals surface area contributed by atoms with Gasteiger partial charge in [-0.25, -0.2) is 0 Å². The number of hydrogen-bond donors (Lipinski definition) is 3. The Balaban J connectivity index is 2.79. The van der Waals surface area contributed by atoms with E-state index < -0.39 is 28.0 Å². The van der Waals surface area contributed by atoms with Crippen LogP contribution in [0.2, 0.25) is 0 Å². The Morgan fingerprint density at radius 1 is 1.33 bits per heavy atom. The van der Waals surface area contributed by atoms with Crippen molar-refractivity contribution in [2.75, 3.05) is 6.54 Å². The number of nitro benzene ring substituents is 1. The molecule has 1 rings (SSSR count). The van der Waals surface area contributed by atoms with Gasteiger partial charge >= 0.3 is 0 Å². The summed E-state index contributed by atoms with van der Waals surface area (Å²) in [6.45, 7) is 5.04. The summed E-state index contributed by atoms with van der Waals surface area (Å²) in [4.78, 5) is 33.6. The monoisotopic (exact) mass is 295 g/mol. The van der Waals surface area contributed by atoms with Crippen molar-refractivity contribution in [3.8, 4) is 5.75 Å². The normalized spacial score (nSPS) is 10.8. The number of nitrogens with zero attached hydrogens (tertiary/aromatic N) is 1. The van der Waals surface area contributed by atoms with Crippen LogP contribution in [0, 0.1) is 10.1 Å². The molecule has 0 spiro atoms. The maximum atomic E-state index is 11.9. The highest BCUT2D eigenvalue weighted by molar-refractivity contribution is 6.00. The number of benzene rings is 1. The zero-order chi connectivity index (χ0) is 16.2. The third-order valence-electron chi connectivity index (χ3n) is 2.35. The standard InChI is InChI=1S/C13H17N3O5/c1-13(2,3)15-11(18)7-14-12(19)9-6-8(17)4-5-10(9)16(20)21/h4-6,17H,7H2,1-3H3,(H,14,19)(H,15,18). The Morgan fingerprint density at radius 3 is 2.48 bits per heavy atom. The molecule has 0 fully saturated rings. The molecule has 114 valence electrons. The molecular weight excluding hydrogens is 278 g/mol. The topological polar surface area (TPSA) is 122 Å². The van der Waals surface area contributed by atoms with Gasteiger partial charge in [0.15, 0.2) is 0 Å². The van der Waals surface area contributed by atoms with Crippen molar-refractivity contribution in [2.24, 2.45) is 0 Å². The first-order valence-corrected chi connectivity index (χ1v) is 6.17. The van der Waals surface area contributed by atoms with Crippen LogP contribution in [0.25, 0.3) is 0 Å². The largest absolute Gasteiger partial charge is 0.508 e. The van der Waals surface area contributed by atoms with E-state index in [1.54, 1.807) is 20.8 Å². The SMILES string of the molecule is CC(C)(C)NC(=O)CNC(=O)c1cc(O)ccc1[N+](=O)[O-]. The smallest absolute Gasteiger partial charge is 0.282 e. The number of aromatic hydroxyl groups is 1. The van der Waals surface area contributed by atoms with Crippen molar-refractivity contribution in [1.29, 1.82) is 0 Å². The highest BCUT2D eigenvalue weighted by atomic mass is 16.6. The van der Waals surface area contributed by atoms with Gasteiger partial charge in [0.2, 0.25) is 5.91 Å². The van der Waals surface area contributed by atoms with Crippen molar-refractivity contribution >= 4 is 17.5 Å². The lowest BCUT2D eigenvalue weighted by atomic mass is 10.1. The van der Waals surface area contributed by atoms with E-state index in [9.17, 15) is 24.8 Å². The van der Waals surface area contributed by atoms with Gasteiger partial charge in [-0.3, -0.25) is 19.7 Å². The predicted molar refractivity (Wildman–Crippen MR) is 75.0 cm³/mol. The van der Waals surface area contributed by atoms with E-state index in [0.29, 0.717) is 0 Å². The molecular formula is C13H17N3O5. The summed E-state index contributed by atoms with van der Waals surface area (Å²) in [7, 11) is 0. The molecule has 0 aliphatic heterocycles. The second-order valence-corrected chi connectivity index (χ2v) is 5.44. The Bertz CT molecular complexity index is 578. The van der Waals surface area contributed by atoms with Crippen LogP contribution < -0.4 is 10.6 Å². The quantitative estimate of drug-likeness (QED) is 0.564. The summed E-state index contributed by atoms with van der Waals surface area (Å²) in [6, 6.07) is 3.12. The van der Waals surface area contributed by atoms with Crippen LogP contribution in [0.3, 0.4) is 0 Å². The first-order valence-electron chi connectivity index (χ1n) is 6.17. The fraction of sp³-hybridized carbons (Fsp3) is 0.385. The highest BCUT2D eigenvalue weighted by Crippen LogP contribution is 2.22. The molecule has 0 aromatic heterocycles. The number of nitro groups is 1. The van der Waals surface area contributed by atoms with Crippen LogP contribution in [0.15, 0.2) is 18.2 Å². The van der Waals surface area contributed by atoms with Crippen molar-refractivity contribution in [2.45, 2.75) is 26.3 Å². The number of phenolic OH excluding ortho intramolecular Hbond substituents is 1. The number of phenols is 1. The molecule has 0 aliphatic rings. The molecule has 0 saturated carbocycles. The Kier molecular flexibility index (Phi) is 4.85. The molecule has 0 unspecified atom stereocenters. The first kappa shape index (κ1) is 16.4. The summed E-state index contributed by atoms with van der Waals surface area (Å²) < 4.78 is 0. The third-order valence-corrected chi connectivity index (χ3v) is 2.35. The molecule has 0 atom stereocenters. The second-order valence-electron chi connectivity index (χ2n) is 5.44. The van der Waals surface area contributed by atoms with E-state index in [-0.39, 0.29) is 17.9 Å². The molecule has 8 heteroatoms. The summed E-state index contributed by atoms with van der Waals surface area (Å²) in [5.74, 6) is -1.50. The molecule has 0 heterocycles. The van der Waals surface area contributed by atoms with Crippen LogP contribution in [0.5, 0.6) is 5.75 Å². The Hall–Kier alpha value is -2.64. The molecule has 1 aromatic rings. The van der Waals surface area contributed by atoms with E-state index in [1.807, 2.05) is 0 Å². The van der Waals surface area contributed by atoms with Gasteiger partial charge in [-0.2, -0.15) is 0 Å². The van der Waals surface area contributed by atoms with Crippen LogP contribution in [0.1, 0.15) is 31.1 Å². The van der Waals surface area contributed by atoms with Gasteiger partial charge in [0.1, 0.15) is 11.3 Å². The van der Waals surface area contributed by atoms with Gasteiger partial charge in [0.05, 0.1) is 11.5 Å². The van der Waals surface area contributed by atoms with Crippen LogP contribution >= 0.6 is 0 Å². The van der Waals surface area contributed by atoms with Crippen molar-refractivity contribution < 1.29 is 19.6 Å². The maximum absolute atomic E-state index is 11.9. The number of hydrogen-bond acceptors (Lipinski definition) is 5. The summed E-state index contributed by atoms with van der Waals surface area (Å²) >= 11 is 0. The Labute approximate surface area is 121 Å². The minimum absolute atomic E-state index is 0.273. The maximum Gasteiger partial charge on any atom is 0.282 e. The summed E-state index contributed by atoms with van der Waals surface area (Å²) in [5.41, 5.74) is -1.19. The average Bonchev–Trinajstić information content (AvgIpc) is 2.33. The summed E-state index contributed by atoms with van der Waals surface area (Å²) in [5, 5.41) is 25.1. The molecule has 2 amide bonds. The summed E-state index contributed by atoms with van der Waals surface area (Å²) in [6.07, 6.45) is 0. The lowest BCUT2D eigenvalue weighted by Crippen LogP contribution is -2.45. The molecule has 3 N–H and O–H groups in total. The number of carbonyl (C=O) groups excluding carboxylic acids is 2. The lowest BCUT2D eigenvalue weighted by molar-refractivity contribution is -0.385. The van der Waals surface area contributed by atoms with Gasteiger partial charge in [-0.05, 0) is 32.9 Å². The van der Waals surface area contributed by atoms with Gasteiger partial charge in [-0.1, -0.05) is 0 Å². The minimum Gasteiger partial charge on any atom is -0.508 e.